The summed E-state index contributed by atoms with van der Waals surface area (Å²) in [5.41, 5.74) is 5.68. The summed E-state index contributed by atoms with van der Waals surface area (Å²) >= 11 is 0. The highest BCUT2D eigenvalue weighted by Crippen LogP contribution is 2.26. The molecule has 1 unspecified atom stereocenters. The average molecular weight is 282 g/mol. The number of nitrogens with two attached hydrogens (primary N) is 1. The third-order valence-electron chi connectivity index (χ3n) is 4.44. The van der Waals surface area contributed by atoms with Crippen LogP contribution in [-0.4, -0.2) is 79.0 Å². The first kappa shape index (κ1) is 15.7. The van der Waals surface area contributed by atoms with E-state index in [9.17, 15) is 4.79 Å². The molecule has 2 fully saturated rings. The van der Waals surface area contributed by atoms with Gasteiger partial charge in [-0.05, 0) is 32.2 Å². The molecular weight excluding hydrogens is 252 g/mol. The number of nitrogens with zero attached hydrogens (tertiary/aromatic N) is 3. The first-order valence-electron chi connectivity index (χ1n) is 8.08. The molecule has 0 aromatic rings. The maximum absolute atomic E-state index is 12.3. The second kappa shape index (κ2) is 7.38. The molecule has 0 radical (unpaired) electrons. The molecule has 1 saturated carbocycles. The summed E-state index contributed by atoms with van der Waals surface area (Å²) in [7, 11) is 0. The minimum atomic E-state index is 0.318. The van der Waals surface area contributed by atoms with Crippen LogP contribution in [0.1, 0.15) is 26.7 Å². The Morgan fingerprint density at radius 1 is 1.25 bits per heavy atom. The van der Waals surface area contributed by atoms with Gasteiger partial charge in [-0.2, -0.15) is 0 Å². The van der Waals surface area contributed by atoms with Gasteiger partial charge >= 0.3 is 0 Å². The summed E-state index contributed by atoms with van der Waals surface area (Å²) in [5, 5.41) is 0. The Bertz CT molecular complexity index is 311. The Kier molecular flexibility index (Phi) is 5.81. The fraction of sp³-hybridized carbons (Fsp3) is 0.933. The third kappa shape index (κ3) is 4.43. The number of carbonyl (C=O) groups excluding carboxylic acids is 1. The quantitative estimate of drug-likeness (QED) is 0.725. The van der Waals surface area contributed by atoms with Crippen LogP contribution in [0.15, 0.2) is 0 Å². The van der Waals surface area contributed by atoms with E-state index in [1.165, 1.54) is 12.8 Å². The van der Waals surface area contributed by atoms with Gasteiger partial charge in [0.25, 0.3) is 0 Å². The highest BCUT2D eigenvalue weighted by atomic mass is 16.2. The van der Waals surface area contributed by atoms with Crippen molar-refractivity contribution in [1.29, 1.82) is 0 Å². The van der Waals surface area contributed by atoms with Crippen LogP contribution in [0.3, 0.4) is 0 Å². The fourth-order valence-electron chi connectivity index (χ4n) is 2.95. The Labute approximate surface area is 123 Å². The lowest BCUT2D eigenvalue weighted by atomic mass is 10.1. The van der Waals surface area contributed by atoms with Crippen molar-refractivity contribution in [2.24, 2.45) is 11.7 Å². The van der Waals surface area contributed by atoms with E-state index in [0.29, 0.717) is 24.4 Å². The molecule has 0 aromatic heterocycles. The summed E-state index contributed by atoms with van der Waals surface area (Å²) in [6.07, 6.45) is 2.40. The van der Waals surface area contributed by atoms with Crippen LogP contribution >= 0.6 is 0 Å². The summed E-state index contributed by atoms with van der Waals surface area (Å²) in [6.45, 7) is 11.7. The fourth-order valence-corrected chi connectivity index (χ4v) is 2.95. The Morgan fingerprint density at radius 2 is 1.85 bits per heavy atom. The topological polar surface area (TPSA) is 52.8 Å². The highest BCUT2D eigenvalue weighted by molar-refractivity contribution is 5.78. The van der Waals surface area contributed by atoms with Gasteiger partial charge < -0.3 is 15.5 Å². The van der Waals surface area contributed by atoms with E-state index in [0.717, 1.165) is 45.8 Å². The Morgan fingerprint density at radius 3 is 2.35 bits per heavy atom. The highest BCUT2D eigenvalue weighted by Gasteiger charge is 2.32. The second-order valence-corrected chi connectivity index (χ2v) is 6.33. The minimum absolute atomic E-state index is 0.318. The van der Waals surface area contributed by atoms with E-state index in [1.54, 1.807) is 0 Å². The van der Waals surface area contributed by atoms with E-state index in [4.69, 9.17) is 5.73 Å². The van der Waals surface area contributed by atoms with Crippen LogP contribution in [0.25, 0.3) is 0 Å². The monoisotopic (exact) mass is 282 g/mol. The maximum atomic E-state index is 12.3. The normalized spacial score (nSPS) is 22.8. The number of likely N-dealkylation sites (N-methyl/N-ethyl adjacent to an activating group) is 1. The van der Waals surface area contributed by atoms with Crippen molar-refractivity contribution < 1.29 is 4.79 Å². The van der Waals surface area contributed by atoms with Gasteiger partial charge in [0.2, 0.25) is 5.91 Å². The van der Waals surface area contributed by atoms with E-state index in [2.05, 4.69) is 28.5 Å². The number of rotatable bonds is 7. The summed E-state index contributed by atoms with van der Waals surface area (Å²) < 4.78 is 0. The third-order valence-corrected chi connectivity index (χ3v) is 4.44. The lowest BCUT2D eigenvalue weighted by Gasteiger charge is -2.36. The molecule has 2 aliphatic rings. The largest absolute Gasteiger partial charge is 0.339 e. The van der Waals surface area contributed by atoms with Crippen molar-refractivity contribution in [3.8, 4) is 0 Å². The first-order chi connectivity index (χ1) is 9.63. The van der Waals surface area contributed by atoms with Crippen LogP contribution in [0.2, 0.25) is 0 Å². The van der Waals surface area contributed by atoms with Gasteiger partial charge in [0, 0.05) is 45.3 Å². The van der Waals surface area contributed by atoms with Crippen LogP contribution < -0.4 is 5.73 Å². The molecule has 2 rings (SSSR count). The van der Waals surface area contributed by atoms with E-state index >= 15 is 0 Å². The SMILES string of the molecule is CCN(C(=O)CN1CCN(CC(C)CN)CC1)C1CC1. The van der Waals surface area contributed by atoms with Gasteiger partial charge in [0.15, 0.2) is 0 Å². The summed E-state index contributed by atoms with van der Waals surface area (Å²) in [6, 6.07) is 0.541. The molecule has 2 N–H and O–H groups in total. The van der Waals surface area contributed by atoms with Crippen molar-refractivity contribution >= 4 is 5.91 Å². The number of hydrogen-bond acceptors (Lipinski definition) is 4. The molecule has 1 aliphatic carbocycles. The average Bonchev–Trinajstić information content (AvgIpc) is 3.26. The number of carbonyl (C=O) groups is 1. The summed E-state index contributed by atoms with van der Waals surface area (Å²) in [5.74, 6) is 0.882. The predicted molar refractivity (Wildman–Crippen MR) is 81.5 cm³/mol. The van der Waals surface area contributed by atoms with E-state index in [-0.39, 0.29) is 0 Å². The van der Waals surface area contributed by atoms with Crippen LogP contribution in [-0.2, 0) is 4.79 Å². The Balaban J connectivity index is 1.69. The lowest BCUT2D eigenvalue weighted by Crippen LogP contribution is -2.51. The van der Waals surface area contributed by atoms with Gasteiger partial charge in [0.1, 0.15) is 0 Å². The van der Waals surface area contributed by atoms with Crippen molar-refractivity contribution in [2.45, 2.75) is 32.7 Å². The molecule has 116 valence electrons. The minimum Gasteiger partial charge on any atom is -0.339 e. The zero-order valence-corrected chi connectivity index (χ0v) is 13.1. The zero-order valence-electron chi connectivity index (χ0n) is 13.1. The standard InChI is InChI=1S/C15H30N4O/c1-3-19(14-4-5-14)15(20)12-18-8-6-17(7-9-18)11-13(2)10-16/h13-14H,3-12,16H2,1-2H3. The van der Waals surface area contributed by atoms with Crippen molar-refractivity contribution in [1.82, 2.24) is 14.7 Å². The molecule has 20 heavy (non-hydrogen) atoms. The molecule has 1 atom stereocenters. The molecule has 0 aromatic carbocycles. The zero-order chi connectivity index (χ0) is 14.5. The van der Waals surface area contributed by atoms with Gasteiger partial charge in [-0.15, -0.1) is 0 Å². The molecule has 1 heterocycles. The molecular formula is C15H30N4O. The lowest BCUT2D eigenvalue weighted by molar-refractivity contribution is -0.133. The summed E-state index contributed by atoms with van der Waals surface area (Å²) in [4.78, 5) is 19.1. The van der Waals surface area contributed by atoms with Crippen molar-refractivity contribution in [3.05, 3.63) is 0 Å². The van der Waals surface area contributed by atoms with Crippen LogP contribution in [0.4, 0.5) is 0 Å². The van der Waals surface area contributed by atoms with Crippen LogP contribution in [0.5, 0.6) is 0 Å². The number of piperazine rings is 1. The second-order valence-electron chi connectivity index (χ2n) is 6.33. The molecule has 1 saturated heterocycles. The molecule has 0 spiro atoms. The van der Waals surface area contributed by atoms with E-state index in [1.807, 2.05) is 0 Å². The van der Waals surface area contributed by atoms with Gasteiger partial charge in [-0.1, -0.05) is 6.92 Å². The number of hydrogen-bond donors (Lipinski definition) is 1. The molecule has 5 heteroatoms. The first-order valence-corrected chi connectivity index (χ1v) is 8.08. The Hall–Kier alpha value is -0.650. The van der Waals surface area contributed by atoms with Gasteiger partial charge in [-0.3, -0.25) is 9.69 Å². The van der Waals surface area contributed by atoms with Gasteiger partial charge in [-0.25, -0.2) is 0 Å². The van der Waals surface area contributed by atoms with E-state index < -0.39 is 0 Å². The van der Waals surface area contributed by atoms with Crippen molar-refractivity contribution in [2.75, 3.05) is 52.4 Å². The molecule has 1 aliphatic heterocycles. The van der Waals surface area contributed by atoms with Crippen molar-refractivity contribution in [3.63, 3.8) is 0 Å². The molecule has 0 bridgehead atoms. The van der Waals surface area contributed by atoms with Crippen LogP contribution in [0, 0.1) is 5.92 Å². The predicted octanol–water partition coefficient (Wildman–Crippen LogP) is 0.210. The molecule has 5 nitrogen and oxygen atoms in total. The molecule has 1 amide bonds. The van der Waals surface area contributed by atoms with Gasteiger partial charge in [0.05, 0.1) is 6.54 Å². The maximum Gasteiger partial charge on any atom is 0.236 e. The smallest absolute Gasteiger partial charge is 0.236 e. The number of amides is 1.